The summed E-state index contributed by atoms with van der Waals surface area (Å²) < 4.78 is 5.47. The van der Waals surface area contributed by atoms with E-state index in [1.807, 2.05) is 6.92 Å². The van der Waals surface area contributed by atoms with E-state index in [0.29, 0.717) is 6.54 Å². The van der Waals surface area contributed by atoms with Gasteiger partial charge >= 0.3 is 0 Å². The lowest BCUT2D eigenvalue weighted by Crippen LogP contribution is -2.22. The van der Waals surface area contributed by atoms with E-state index in [-0.39, 0.29) is 5.60 Å². The van der Waals surface area contributed by atoms with Crippen LogP contribution in [-0.2, 0) is 16.8 Å². The summed E-state index contributed by atoms with van der Waals surface area (Å²) in [6, 6.07) is 0. The Balaban J connectivity index is 2.74. The van der Waals surface area contributed by atoms with E-state index in [0.717, 1.165) is 29.3 Å². The SMILES string of the molecule is CCC(C)(OC)c1nnc(CCCN)s1. The highest BCUT2D eigenvalue weighted by Gasteiger charge is 2.28. The molecule has 1 unspecified atom stereocenters. The first-order valence-electron chi connectivity index (χ1n) is 5.24. The Bertz CT molecular complexity index is 297. The first-order chi connectivity index (χ1) is 7.16. The fraction of sp³-hybridized carbons (Fsp3) is 0.800. The predicted molar refractivity (Wildman–Crippen MR) is 61.9 cm³/mol. The third-order valence-corrected chi connectivity index (χ3v) is 3.87. The highest BCUT2D eigenvalue weighted by molar-refractivity contribution is 7.11. The smallest absolute Gasteiger partial charge is 0.149 e. The van der Waals surface area contributed by atoms with Gasteiger partial charge in [-0.25, -0.2) is 0 Å². The second kappa shape index (κ2) is 5.53. The largest absolute Gasteiger partial charge is 0.371 e. The van der Waals surface area contributed by atoms with Crippen LogP contribution in [-0.4, -0.2) is 23.9 Å². The molecule has 0 saturated heterocycles. The topological polar surface area (TPSA) is 61.0 Å². The summed E-state index contributed by atoms with van der Waals surface area (Å²) >= 11 is 1.63. The molecule has 1 rings (SSSR count). The number of aryl methyl sites for hydroxylation is 1. The molecule has 4 nitrogen and oxygen atoms in total. The average molecular weight is 229 g/mol. The zero-order chi connectivity index (χ0) is 11.3. The van der Waals surface area contributed by atoms with Gasteiger partial charge in [0, 0.05) is 13.5 Å². The van der Waals surface area contributed by atoms with Gasteiger partial charge in [0.1, 0.15) is 15.6 Å². The van der Waals surface area contributed by atoms with Gasteiger partial charge in [0.25, 0.3) is 0 Å². The van der Waals surface area contributed by atoms with Gasteiger partial charge in [-0.2, -0.15) is 0 Å². The molecule has 0 aliphatic heterocycles. The van der Waals surface area contributed by atoms with Gasteiger partial charge in [-0.15, -0.1) is 10.2 Å². The summed E-state index contributed by atoms with van der Waals surface area (Å²) in [6.07, 6.45) is 2.77. The molecule has 0 bridgehead atoms. The van der Waals surface area contributed by atoms with Gasteiger partial charge < -0.3 is 10.5 Å². The van der Waals surface area contributed by atoms with E-state index in [4.69, 9.17) is 10.5 Å². The molecule has 0 aliphatic carbocycles. The summed E-state index contributed by atoms with van der Waals surface area (Å²) in [5.74, 6) is 0. The van der Waals surface area contributed by atoms with Gasteiger partial charge in [-0.3, -0.25) is 0 Å². The van der Waals surface area contributed by atoms with Crippen molar-refractivity contribution >= 4 is 11.3 Å². The van der Waals surface area contributed by atoms with E-state index in [2.05, 4.69) is 17.1 Å². The zero-order valence-corrected chi connectivity index (χ0v) is 10.4. The Morgan fingerprint density at radius 2 is 2.20 bits per heavy atom. The van der Waals surface area contributed by atoms with Crippen molar-refractivity contribution in [2.45, 2.75) is 38.7 Å². The van der Waals surface area contributed by atoms with Crippen LogP contribution in [0.3, 0.4) is 0 Å². The molecule has 0 amide bonds. The van der Waals surface area contributed by atoms with Crippen LogP contribution in [0.4, 0.5) is 0 Å². The number of ether oxygens (including phenoxy) is 1. The standard InChI is InChI=1S/C10H19N3OS/c1-4-10(2,14-3)9-13-12-8(15-9)6-5-7-11/h4-7,11H2,1-3H3. The fourth-order valence-electron chi connectivity index (χ4n) is 1.20. The molecule has 86 valence electrons. The molecule has 2 N–H and O–H groups in total. The molecule has 1 aromatic heterocycles. The Morgan fingerprint density at radius 3 is 2.73 bits per heavy atom. The van der Waals surface area contributed by atoms with Crippen LogP contribution in [0.25, 0.3) is 0 Å². The van der Waals surface area contributed by atoms with Crippen LogP contribution >= 0.6 is 11.3 Å². The maximum absolute atomic E-state index is 5.47. The third-order valence-electron chi connectivity index (χ3n) is 2.64. The molecule has 1 atom stereocenters. The van der Waals surface area contributed by atoms with Crippen LogP contribution in [0.15, 0.2) is 0 Å². The molecule has 15 heavy (non-hydrogen) atoms. The average Bonchev–Trinajstić information content (AvgIpc) is 2.74. The lowest BCUT2D eigenvalue weighted by molar-refractivity contribution is -0.00207. The van der Waals surface area contributed by atoms with Crippen molar-refractivity contribution in [2.24, 2.45) is 5.73 Å². The maximum atomic E-state index is 5.47. The highest BCUT2D eigenvalue weighted by Crippen LogP contribution is 2.30. The van der Waals surface area contributed by atoms with Crippen LogP contribution in [0.1, 0.15) is 36.7 Å². The highest BCUT2D eigenvalue weighted by atomic mass is 32.1. The van der Waals surface area contributed by atoms with Crippen molar-refractivity contribution in [2.75, 3.05) is 13.7 Å². The number of aromatic nitrogens is 2. The summed E-state index contributed by atoms with van der Waals surface area (Å²) in [4.78, 5) is 0. The Hall–Kier alpha value is -0.520. The van der Waals surface area contributed by atoms with Gasteiger partial charge in [0.15, 0.2) is 0 Å². The van der Waals surface area contributed by atoms with Crippen LogP contribution < -0.4 is 5.73 Å². The minimum Gasteiger partial charge on any atom is -0.371 e. The number of hydrogen-bond donors (Lipinski definition) is 1. The molecule has 0 spiro atoms. The Morgan fingerprint density at radius 1 is 1.47 bits per heavy atom. The Labute approximate surface area is 94.9 Å². The molecule has 0 fully saturated rings. The summed E-state index contributed by atoms with van der Waals surface area (Å²) in [6.45, 7) is 4.83. The first-order valence-corrected chi connectivity index (χ1v) is 6.06. The molecule has 0 saturated carbocycles. The molecule has 0 aliphatic rings. The van der Waals surface area contributed by atoms with Gasteiger partial charge in [0.2, 0.25) is 0 Å². The molecule has 0 radical (unpaired) electrons. The van der Waals surface area contributed by atoms with Crippen LogP contribution in [0.5, 0.6) is 0 Å². The predicted octanol–water partition coefficient (Wildman–Crippen LogP) is 1.70. The lowest BCUT2D eigenvalue weighted by atomic mass is 10.1. The zero-order valence-electron chi connectivity index (χ0n) is 9.62. The minimum absolute atomic E-state index is 0.293. The van der Waals surface area contributed by atoms with Gasteiger partial charge in [0.05, 0.1) is 0 Å². The Kier molecular flexibility index (Phi) is 4.63. The second-order valence-electron chi connectivity index (χ2n) is 3.68. The van der Waals surface area contributed by atoms with E-state index in [1.54, 1.807) is 18.4 Å². The van der Waals surface area contributed by atoms with Gasteiger partial charge in [-0.1, -0.05) is 18.3 Å². The van der Waals surface area contributed by atoms with E-state index < -0.39 is 0 Å². The van der Waals surface area contributed by atoms with Crippen molar-refractivity contribution < 1.29 is 4.74 Å². The fourth-order valence-corrected chi connectivity index (χ4v) is 2.28. The van der Waals surface area contributed by atoms with Crippen molar-refractivity contribution in [3.63, 3.8) is 0 Å². The first kappa shape index (κ1) is 12.5. The molecule has 1 aromatic rings. The van der Waals surface area contributed by atoms with Crippen molar-refractivity contribution in [1.82, 2.24) is 10.2 Å². The quantitative estimate of drug-likeness (QED) is 0.806. The molecule has 0 aromatic carbocycles. The number of nitrogens with two attached hydrogens (primary N) is 1. The van der Waals surface area contributed by atoms with Crippen molar-refractivity contribution in [1.29, 1.82) is 0 Å². The number of hydrogen-bond acceptors (Lipinski definition) is 5. The third kappa shape index (κ3) is 2.96. The molecular formula is C10H19N3OS. The van der Waals surface area contributed by atoms with E-state index in [9.17, 15) is 0 Å². The molecule has 5 heteroatoms. The summed E-state index contributed by atoms with van der Waals surface area (Å²) in [5, 5.41) is 10.3. The minimum atomic E-state index is -0.293. The van der Waals surface area contributed by atoms with Gasteiger partial charge in [-0.05, 0) is 26.3 Å². The van der Waals surface area contributed by atoms with Crippen molar-refractivity contribution in [3.05, 3.63) is 10.0 Å². The number of rotatable bonds is 6. The number of methoxy groups -OCH3 is 1. The number of nitrogens with zero attached hydrogens (tertiary/aromatic N) is 2. The normalized spacial score (nSPS) is 15.2. The summed E-state index contributed by atoms with van der Waals surface area (Å²) in [5.41, 5.74) is 5.16. The second-order valence-corrected chi connectivity index (χ2v) is 4.74. The lowest BCUT2D eigenvalue weighted by Gasteiger charge is -2.22. The van der Waals surface area contributed by atoms with E-state index in [1.165, 1.54) is 0 Å². The summed E-state index contributed by atoms with van der Waals surface area (Å²) in [7, 11) is 1.71. The van der Waals surface area contributed by atoms with Crippen molar-refractivity contribution in [3.8, 4) is 0 Å². The van der Waals surface area contributed by atoms with E-state index >= 15 is 0 Å². The maximum Gasteiger partial charge on any atom is 0.149 e. The van der Waals surface area contributed by atoms with Crippen LogP contribution in [0, 0.1) is 0 Å². The molecular weight excluding hydrogens is 210 g/mol. The van der Waals surface area contributed by atoms with Crippen LogP contribution in [0.2, 0.25) is 0 Å². The molecule has 1 heterocycles. The monoisotopic (exact) mass is 229 g/mol.